The molecule has 4 heteroatoms. The van der Waals surface area contributed by atoms with E-state index in [1.807, 2.05) is 18.7 Å². The van der Waals surface area contributed by atoms with Crippen LogP contribution in [0.5, 0.6) is 0 Å². The van der Waals surface area contributed by atoms with Gasteiger partial charge in [0.15, 0.2) is 0 Å². The van der Waals surface area contributed by atoms with Crippen molar-refractivity contribution in [1.82, 2.24) is 0 Å². The van der Waals surface area contributed by atoms with Crippen molar-refractivity contribution < 1.29 is 9.53 Å². The van der Waals surface area contributed by atoms with Crippen molar-refractivity contribution in [2.45, 2.75) is 83.0 Å². The highest BCUT2D eigenvalue weighted by molar-refractivity contribution is 7.99. The molecule has 1 aliphatic heterocycles. The van der Waals surface area contributed by atoms with E-state index in [0.717, 1.165) is 29.7 Å². The van der Waals surface area contributed by atoms with Gasteiger partial charge in [-0.3, -0.25) is 4.79 Å². The lowest BCUT2D eigenvalue weighted by atomic mass is 9.73. The molecule has 1 aliphatic rings. The van der Waals surface area contributed by atoms with Crippen LogP contribution in [-0.4, -0.2) is 18.3 Å². The van der Waals surface area contributed by atoms with Crippen molar-refractivity contribution in [2.75, 3.05) is 12.4 Å². The number of hydrogen-bond donors (Lipinski definition) is 0. The molecule has 2 heterocycles. The number of ether oxygens (including phenoxy) is 1. The number of thioether (sulfide) groups is 1. The highest BCUT2D eigenvalue weighted by atomic mass is 32.2. The van der Waals surface area contributed by atoms with Gasteiger partial charge in [0.2, 0.25) is 0 Å². The fraction of sp³-hybridized carbons (Fsp3) is 0.519. The zero-order valence-corrected chi connectivity index (χ0v) is 20.9. The van der Waals surface area contributed by atoms with E-state index in [1.54, 1.807) is 11.3 Å². The number of rotatable bonds is 8. The molecule has 0 bridgehead atoms. The maximum atomic E-state index is 11.4. The number of fused-ring (bicyclic) bond motifs is 1. The normalized spacial score (nSPS) is 14.5. The molecule has 0 aliphatic carbocycles. The summed E-state index contributed by atoms with van der Waals surface area (Å²) in [6.07, 6.45) is 7.03. The number of hydrogen-bond acceptors (Lipinski definition) is 4. The fourth-order valence-electron chi connectivity index (χ4n) is 4.34. The van der Waals surface area contributed by atoms with Crippen molar-refractivity contribution in [3.05, 3.63) is 50.7 Å². The van der Waals surface area contributed by atoms with Crippen LogP contribution in [0.3, 0.4) is 0 Å². The average Bonchev–Trinajstić information content (AvgIpc) is 3.22. The fourth-order valence-corrected chi connectivity index (χ4v) is 6.64. The van der Waals surface area contributed by atoms with Crippen LogP contribution in [-0.2, 0) is 21.4 Å². The van der Waals surface area contributed by atoms with Crippen LogP contribution >= 0.6 is 23.1 Å². The van der Waals surface area contributed by atoms with Gasteiger partial charge in [-0.1, -0.05) is 25.7 Å². The summed E-state index contributed by atoms with van der Waals surface area (Å²) < 4.78 is 4.99. The van der Waals surface area contributed by atoms with E-state index in [-0.39, 0.29) is 5.97 Å². The third-order valence-corrected chi connectivity index (χ3v) is 8.55. The van der Waals surface area contributed by atoms with Crippen molar-refractivity contribution in [3.8, 4) is 11.8 Å². The predicted octanol–water partition coefficient (Wildman–Crippen LogP) is 7.29. The molecule has 0 saturated carbocycles. The van der Waals surface area contributed by atoms with Gasteiger partial charge in [0.05, 0.1) is 11.5 Å². The summed E-state index contributed by atoms with van der Waals surface area (Å²) in [7, 11) is 0. The van der Waals surface area contributed by atoms with Crippen LogP contribution in [0.15, 0.2) is 29.2 Å². The Kier molecular flexibility index (Phi) is 8.69. The maximum absolute atomic E-state index is 11.4. The molecule has 0 N–H and O–H groups in total. The average molecular weight is 455 g/mol. The molecule has 0 atom stereocenters. The highest BCUT2D eigenvalue weighted by Crippen LogP contribution is 2.46. The van der Waals surface area contributed by atoms with Crippen LogP contribution in [0, 0.1) is 18.8 Å². The Morgan fingerprint density at radius 3 is 2.68 bits per heavy atom. The summed E-state index contributed by atoms with van der Waals surface area (Å²) in [4.78, 5) is 15.3. The molecular formula is C27H34O2S2. The van der Waals surface area contributed by atoms with Crippen molar-refractivity contribution in [1.29, 1.82) is 0 Å². The smallest absolute Gasteiger partial charge is 0.305 e. The summed E-state index contributed by atoms with van der Waals surface area (Å²) >= 11 is 3.77. The van der Waals surface area contributed by atoms with Gasteiger partial charge in [-0.2, -0.15) is 0 Å². The van der Waals surface area contributed by atoms with E-state index < -0.39 is 0 Å². The molecule has 0 amide bonds. The molecule has 2 aromatic rings. The number of carbonyl (C=O) groups excluding carboxylic acids is 1. The van der Waals surface area contributed by atoms with E-state index in [1.165, 1.54) is 45.9 Å². The van der Waals surface area contributed by atoms with Crippen molar-refractivity contribution in [3.63, 3.8) is 0 Å². The van der Waals surface area contributed by atoms with Gasteiger partial charge >= 0.3 is 5.97 Å². The summed E-state index contributed by atoms with van der Waals surface area (Å²) in [5.41, 5.74) is 4.26. The first-order valence-corrected chi connectivity index (χ1v) is 13.4. The molecule has 0 radical (unpaired) electrons. The lowest BCUT2D eigenvalue weighted by molar-refractivity contribution is -0.143. The molecule has 166 valence electrons. The highest BCUT2D eigenvalue weighted by Gasteiger charge is 2.34. The first kappa shape index (κ1) is 24.0. The molecule has 0 unspecified atom stereocenters. The Hall–Kier alpha value is -1.70. The third kappa shape index (κ3) is 5.96. The lowest BCUT2D eigenvalue weighted by Gasteiger charge is -2.38. The van der Waals surface area contributed by atoms with Crippen LogP contribution in [0.1, 0.15) is 85.7 Å². The standard InChI is InChI=1S/C27H34O2S2/c1-5-27(6-2)16-17-30-25-18-20(4)21(19-24(25)27)12-13-23-15-14-22(31-23)10-8-9-11-26(28)29-7-3/h14-15,18-19H,5-11,16-17H2,1-4H3. The SMILES string of the molecule is CCOC(=O)CCCCc1ccc(C#Cc2cc3c(cc2C)SCCC3(CC)CC)s1. The minimum atomic E-state index is -0.0887. The van der Waals surface area contributed by atoms with Crippen LogP contribution in [0.25, 0.3) is 0 Å². The van der Waals surface area contributed by atoms with Crippen molar-refractivity contribution >= 4 is 29.1 Å². The third-order valence-electron chi connectivity index (χ3n) is 6.43. The Bertz CT molecular complexity index is 957. The van der Waals surface area contributed by atoms with Crippen LogP contribution < -0.4 is 0 Å². The van der Waals surface area contributed by atoms with E-state index in [2.05, 4.69) is 56.9 Å². The molecule has 2 nitrogen and oxygen atoms in total. The second-order valence-electron chi connectivity index (χ2n) is 8.28. The number of carbonyl (C=O) groups is 1. The number of unbranched alkanes of at least 4 members (excludes halogenated alkanes) is 1. The van der Waals surface area contributed by atoms with Gasteiger partial charge in [-0.15, -0.1) is 23.1 Å². The number of benzene rings is 1. The first-order valence-electron chi connectivity index (χ1n) is 11.6. The molecule has 3 rings (SSSR count). The van der Waals surface area contributed by atoms with Gasteiger partial charge in [-0.05, 0) is 98.9 Å². The van der Waals surface area contributed by atoms with E-state index >= 15 is 0 Å². The lowest BCUT2D eigenvalue weighted by Crippen LogP contribution is -2.29. The second kappa shape index (κ2) is 11.2. The molecule has 0 saturated heterocycles. The molecule has 0 fully saturated rings. The minimum absolute atomic E-state index is 0.0887. The van der Waals surface area contributed by atoms with Gasteiger partial charge in [0, 0.05) is 21.8 Å². The molecule has 31 heavy (non-hydrogen) atoms. The Labute approximate surface area is 196 Å². The first-order chi connectivity index (χ1) is 15.0. The molecule has 1 aromatic heterocycles. The summed E-state index contributed by atoms with van der Waals surface area (Å²) in [6, 6.07) is 9.03. The molecule has 0 spiro atoms. The summed E-state index contributed by atoms with van der Waals surface area (Å²) in [5.74, 6) is 8.00. The van der Waals surface area contributed by atoms with Crippen molar-refractivity contribution in [2.24, 2.45) is 0 Å². The number of esters is 1. The minimum Gasteiger partial charge on any atom is -0.466 e. The quantitative estimate of drug-likeness (QED) is 0.238. The zero-order chi connectivity index (χ0) is 22.3. The number of thiophene rings is 1. The number of aryl methyl sites for hydroxylation is 2. The van der Waals surface area contributed by atoms with E-state index in [4.69, 9.17) is 4.74 Å². The van der Waals surface area contributed by atoms with E-state index in [9.17, 15) is 4.79 Å². The Balaban J connectivity index is 1.68. The van der Waals surface area contributed by atoms with Gasteiger partial charge in [0.1, 0.15) is 0 Å². The predicted molar refractivity (Wildman–Crippen MR) is 133 cm³/mol. The van der Waals surface area contributed by atoms with Gasteiger partial charge < -0.3 is 4.74 Å². The van der Waals surface area contributed by atoms with E-state index in [0.29, 0.717) is 18.4 Å². The largest absolute Gasteiger partial charge is 0.466 e. The summed E-state index contributed by atoms with van der Waals surface area (Å²) in [5, 5.41) is 0. The maximum Gasteiger partial charge on any atom is 0.305 e. The van der Waals surface area contributed by atoms with Crippen LogP contribution in [0.2, 0.25) is 0 Å². The molecule has 1 aromatic carbocycles. The van der Waals surface area contributed by atoms with Crippen LogP contribution in [0.4, 0.5) is 0 Å². The second-order valence-corrected chi connectivity index (χ2v) is 10.6. The van der Waals surface area contributed by atoms with Gasteiger partial charge in [0.25, 0.3) is 0 Å². The molecular weight excluding hydrogens is 420 g/mol. The topological polar surface area (TPSA) is 26.3 Å². The Morgan fingerprint density at radius 1 is 1.13 bits per heavy atom. The Morgan fingerprint density at radius 2 is 1.94 bits per heavy atom. The zero-order valence-electron chi connectivity index (χ0n) is 19.3. The monoisotopic (exact) mass is 454 g/mol. The summed E-state index contributed by atoms with van der Waals surface area (Å²) in [6.45, 7) is 9.15. The van der Waals surface area contributed by atoms with Gasteiger partial charge in [-0.25, -0.2) is 0 Å².